The van der Waals surface area contributed by atoms with Gasteiger partial charge in [0.2, 0.25) is 5.91 Å². The number of nitro benzene ring substituents is 1. The lowest BCUT2D eigenvalue weighted by Gasteiger charge is -2.17. The molecule has 2 aromatic carbocycles. The number of hydrogen-bond acceptors (Lipinski definition) is 4. The lowest BCUT2D eigenvalue weighted by Crippen LogP contribution is -2.24. The van der Waals surface area contributed by atoms with Gasteiger partial charge in [0, 0.05) is 17.0 Å². The molecule has 0 fully saturated rings. The van der Waals surface area contributed by atoms with E-state index in [0.29, 0.717) is 6.07 Å². The number of alkyl halides is 3. The first-order valence-electron chi connectivity index (χ1n) is 7.89. The molecular formula is C18H17F3N2O3S. The SMILES string of the molecule is Cc1ccc(SC(C)C(=O)Nc2ccc([N+](=O)[O-])cc2C(F)(F)F)c(C)c1. The minimum absolute atomic E-state index is 0.414. The summed E-state index contributed by atoms with van der Waals surface area (Å²) in [5.41, 5.74) is -0.432. The molecule has 2 aromatic rings. The third-order valence-corrected chi connectivity index (χ3v) is 5.06. The van der Waals surface area contributed by atoms with Gasteiger partial charge in [0.05, 0.1) is 21.4 Å². The van der Waals surface area contributed by atoms with Crippen molar-refractivity contribution < 1.29 is 22.9 Å². The van der Waals surface area contributed by atoms with Gasteiger partial charge < -0.3 is 5.32 Å². The zero-order valence-corrected chi connectivity index (χ0v) is 15.6. The van der Waals surface area contributed by atoms with Gasteiger partial charge >= 0.3 is 6.18 Å². The molecule has 0 heterocycles. The van der Waals surface area contributed by atoms with E-state index in [1.165, 1.54) is 11.8 Å². The van der Waals surface area contributed by atoms with Gasteiger partial charge in [0.1, 0.15) is 0 Å². The summed E-state index contributed by atoms with van der Waals surface area (Å²) in [5.74, 6) is -0.626. The van der Waals surface area contributed by atoms with E-state index in [-0.39, 0.29) is 0 Å². The number of nitrogens with zero attached hydrogens (tertiary/aromatic N) is 1. The molecule has 1 amide bonds. The number of rotatable bonds is 5. The molecule has 1 atom stereocenters. The molecule has 1 N–H and O–H groups in total. The zero-order chi connectivity index (χ0) is 20.4. The maximum absolute atomic E-state index is 13.2. The van der Waals surface area contributed by atoms with E-state index in [9.17, 15) is 28.1 Å². The number of hydrogen-bond donors (Lipinski definition) is 1. The molecule has 9 heteroatoms. The summed E-state index contributed by atoms with van der Waals surface area (Å²) in [6, 6.07) is 7.92. The van der Waals surface area contributed by atoms with Gasteiger partial charge in [-0.15, -0.1) is 11.8 Å². The summed E-state index contributed by atoms with van der Waals surface area (Å²) in [7, 11) is 0. The van der Waals surface area contributed by atoms with Crippen LogP contribution in [0.3, 0.4) is 0 Å². The molecule has 144 valence electrons. The molecule has 0 aliphatic carbocycles. The summed E-state index contributed by atoms with van der Waals surface area (Å²) in [4.78, 5) is 23.0. The van der Waals surface area contributed by atoms with Crippen molar-refractivity contribution in [3.63, 3.8) is 0 Å². The number of amides is 1. The number of anilines is 1. The van der Waals surface area contributed by atoms with Gasteiger partial charge in [-0.05, 0) is 38.5 Å². The Morgan fingerprint density at radius 1 is 1.19 bits per heavy atom. The van der Waals surface area contributed by atoms with Crippen molar-refractivity contribution in [3.05, 3.63) is 63.2 Å². The van der Waals surface area contributed by atoms with Gasteiger partial charge in [-0.1, -0.05) is 17.7 Å². The summed E-state index contributed by atoms with van der Waals surface area (Å²) >= 11 is 1.23. The molecule has 0 saturated carbocycles. The highest BCUT2D eigenvalue weighted by Crippen LogP contribution is 2.37. The second-order valence-corrected chi connectivity index (χ2v) is 7.39. The van der Waals surface area contributed by atoms with E-state index in [0.717, 1.165) is 28.2 Å². The molecule has 0 aliphatic rings. The molecule has 5 nitrogen and oxygen atoms in total. The number of halogens is 3. The van der Waals surface area contributed by atoms with Crippen LogP contribution in [0.2, 0.25) is 0 Å². The average Bonchev–Trinajstić information content (AvgIpc) is 2.56. The summed E-state index contributed by atoms with van der Waals surface area (Å²) in [6.07, 6.45) is -4.83. The lowest BCUT2D eigenvalue weighted by atomic mass is 10.1. The first-order valence-corrected chi connectivity index (χ1v) is 8.77. The van der Waals surface area contributed by atoms with Gasteiger partial charge in [-0.2, -0.15) is 13.2 Å². The molecule has 0 aliphatic heterocycles. The minimum Gasteiger partial charge on any atom is -0.325 e. The molecule has 1 unspecified atom stereocenters. The lowest BCUT2D eigenvalue weighted by molar-refractivity contribution is -0.385. The van der Waals surface area contributed by atoms with E-state index in [1.807, 2.05) is 32.0 Å². The topological polar surface area (TPSA) is 72.2 Å². The number of carbonyl (C=O) groups is 1. The van der Waals surface area contributed by atoms with Crippen LogP contribution in [0.4, 0.5) is 24.5 Å². The van der Waals surface area contributed by atoms with Gasteiger partial charge in [-0.3, -0.25) is 14.9 Å². The Bertz CT molecular complexity index is 885. The number of thioether (sulfide) groups is 1. The second-order valence-electron chi connectivity index (χ2n) is 6.00. The number of carbonyl (C=O) groups excluding carboxylic acids is 1. The molecule has 2 rings (SSSR count). The van der Waals surface area contributed by atoms with E-state index in [2.05, 4.69) is 5.32 Å². The molecule has 0 bridgehead atoms. The molecule has 27 heavy (non-hydrogen) atoms. The Balaban J connectivity index is 2.22. The van der Waals surface area contributed by atoms with Gasteiger partial charge in [0.25, 0.3) is 5.69 Å². The number of nitrogens with one attached hydrogen (secondary N) is 1. The number of aryl methyl sites for hydroxylation is 2. The van der Waals surface area contributed by atoms with Crippen LogP contribution in [0.1, 0.15) is 23.6 Å². The maximum atomic E-state index is 13.2. The predicted octanol–water partition coefficient (Wildman–Crippen LogP) is 5.35. The smallest absolute Gasteiger partial charge is 0.325 e. The van der Waals surface area contributed by atoms with Crippen LogP contribution in [0.25, 0.3) is 0 Å². The first-order chi connectivity index (χ1) is 12.5. The normalized spacial score (nSPS) is 12.5. The van der Waals surface area contributed by atoms with Crippen molar-refractivity contribution in [2.24, 2.45) is 0 Å². The maximum Gasteiger partial charge on any atom is 0.418 e. The fraction of sp³-hybridized carbons (Fsp3) is 0.278. The largest absolute Gasteiger partial charge is 0.418 e. The van der Waals surface area contributed by atoms with Gasteiger partial charge in [0.15, 0.2) is 0 Å². The molecule has 0 radical (unpaired) electrons. The molecular weight excluding hydrogens is 381 g/mol. The Hall–Kier alpha value is -2.55. The highest BCUT2D eigenvalue weighted by Gasteiger charge is 2.36. The van der Waals surface area contributed by atoms with Crippen LogP contribution in [0, 0.1) is 24.0 Å². The van der Waals surface area contributed by atoms with Gasteiger partial charge in [-0.25, -0.2) is 0 Å². The molecule has 0 saturated heterocycles. The van der Waals surface area contributed by atoms with Crippen LogP contribution in [-0.4, -0.2) is 16.1 Å². The zero-order valence-electron chi connectivity index (χ0n) is 14.8. The number of benzene rings is 2. The summed E-state index contributed by atoms with van der Waals surface area (Å²) in [6.45, 7) is 5.40. The summed E-state index contributed by atoms with van der Waals surface area (Å²) in [5, 5.41) is 12.3. The van der Waals surface area contributed by atoms with E-state index in [1.54, 1.807) is 6.92 Å². The van der Waals surface area contributed by atoms with E-state index < -0.39 is 39.2 Å². The monoisotopic (exact) mass is 398 g/mol. The van der Waals surface area contributed by atoms with Crippen molar-refractivity contribution in [3.8, 4) is 0 Å². The fourth-order valence-electron chi connectivity index (χ4n) is 2.40. The third-order valence-electron chi connectivity index (χ3n) is 3.78. The quantitative estimate of drug-likeness (QED) is 0.419. The van der Waals surface area contributed by atoms with Crippen LogP contribution in [-0.2, 0) is 11.0 Å². The third kappa shape index (κ3) is 5.22. The standard InChI is InChI=1S/C18H17F3N2O3S/c1-10-4-7-16(11(2)8-10)27-12(3)17(24)22-15-6-5-13(23(25)26)9-14(15)18(19,20)21/h4-9,12H,1-3H3,(H,22,24). The van der Waals surface area contributed by atoms with Crippen LogP contribution >= 0.6 is 11.8 Å². The minimum atomic E-state index is -4.83. The second kappa shape index (κ2) is 7.99. The number of non-ortho nitro benzene ring substituents is 1. The predicted molar refractivity (Wildman–Crippen MR) is 98.0 cm³/mol. The fourth-order valence-corrected chi connectivity index (χ4v) is 3.34. The number of nitro groups is 1. The van der Waals surface area contributed by atoms with Crippen LogP contribution < -0.4 is 5.32 Å². The van der Waals surface area contributed by atoms with Crippen molar-refractivity contribution in [1.82, 2.24) is 0 Å². The van der Waals surface area contributed by atoms with Crippen molar-refractivity contribution >= 4 is 29.0 Å². The first kappa shape index (κ1) is 20.8. The van der Waals surface area contributed by atoms with Crippen LogP contribution in [0.15, 0.2) is 41.3 Å². The average molecular weight is 398 g/mol. The van der Waals surface area contributed by atoms with E-state index in [4.69, 9.17) is 0 Å². The molecule has 0 aromatic heterocycles. The Kier molecular flexibility index (Phi) is 6.15. The molecule has 0 spiro atoms. The highest BCUT2D eigenvalue weighted by atomic mass is 32.2. The van der Waals surface area contributed by atoms with Crippen molar-refractivity contribution in [2.45, 2.75) is 37.1 Å². The Morgan fingerprint density at radius 3 is 2.41 bits per heavy atom. The highest BCUT2D eigenvalue weighted by molar-refractivity contribution is 8.00. The Morgan fingerprint density at radius 2 is 1.85 bits per heavy atom. The van der Waals surface area contributed by atoms with Crippen molar-refractivity contribution in [1.29, 1.82) is 0 Å². The summed E-state index contributed by atoms with van der Waals surface area (Å²) < 4.78 is 39.6. The van der Waals surface area contributed by atoms with Crippen LogP contribution in [0.5, 0.6) is 0 Å². The van der Waals surface area contributed by atoms with E-state index >= 15 is 0 Å². The van der Waals surface area contributed by atoms with Crippen molar-refractivity contribution in [2.75, 3.05) is 5.32 Å². The Labute approximate surface area is 158 Å².